The van der Waals surface area contributed by atoms with Crippen molar-refractivity contribution in [3.63, 3.8) is 0 Å². The Morgan fingerprint density at radius 1 is 1.14 bits per heavy atom. The molecule has 14 heavy (non-hydrogen) atoms. The third kappa shape index (κ3) is 10.0. The fourth-order valence-corrected chi connectivity index (χ4v) is 1.66. The first kappa shape index (κ1) is 13.9. The monoisotopic (exact) mass is 201 g/mol. The van der Waals surface area contributed by atoms with Crippen molar-refractivity contribution in [2.24, 2.45) is 11.7 Å². The average Bonchev–Trinajstić information content (AvgIpc) is 2.07. The van der Waals surface area contributed by atoms with Crippen molar-refractivity contribution in [3.8, 4) is 0 Å². The van der Waals surface area contributed by atoms with E-state index in [2.05, 4.69) is 6.92 Å². The lowest BCUT2D eigenvalue weighted by Crippen LogP contribution is -2.17. The molecule has 0 bridgehead atoms. The molecule has 3 N–H and O–H groups in total. The Morgan fingerprint density at radius 3 is 2.21 bits per heavy atom. The van der Waals surface area contributed by atoms with Crippen LogP contribution in [0.5, 0.6) is 0 Å². The van der Waals surface area contributed by atoms with Gasteiger partial charge in [0.05, 0.1) is 5.60 Å². The van der Waals surface area contributed by atoms with Crippen molar-refractivity contribution in [3.05, 3.63) is 0 Å². The smallest absolute Gasteiger partial charge is 0.0591 e. The number of hydrogen-bond donors (Lipinski definition) is 2. The summed E-state index contributed by atoms with van der Waals surface area (Å²) in [5.74, 6) is 0.792. The fraction of sp³-hybridized carbons (Fsp3) is 1.00. The van der Waals surface area contributed by atoms with Gasteiger partial charge in [0.2, 0.25) is 0 Å². The van der Waals surface area contributed by atoms with Crippen molar-refractivity contribution in [1.82, 2.24) is 0 Å². The molecule has 0 saturated carbocycles. The van der Waals surface area contributed by atoms with Gasteiger partial charge in [0.1, 0.15) is 0 Å². The lowest BCUT2D eigenvalue weighted by atomic mass is 9.95. The molecular formula is C12H27NO. The predicted octanol–water partition coefficient (Wildman–Crippen LogP) is 2.69. The summed E-state index contributed by atoms with van der Waals surface area (Å²) in [6.07, 6.45) is 6.95. The van der Waals surface area contributed by atoms with Crippen LogP contribution in [0.1, 0.15) is 59.3 Å². The Bertz CT molecular complexity index is 129. The normalized spacial score (nSPS) is 14.4. The molecule has 0 heterocycles. The Balaban J connectivity index is 3.27. The van der Waals surface area contributed by atoms with E-state index in [9.17, 15) is 5.11 Å². The highest BCUT2D eigenvalue weighted by atomic mass is 16.3. The summed E-state index contributed by atoms with van der Waals surface area (Å²) in [6.45, 7) is 6.86. The maximum Gasteiger partial charge on any atom is 0.0591 e. The van der Waals surface area contributed by atoms with Crippen LogP contribution < -0.4 is 5.73 Å². The van der Waals surface area contributed by atoms with Crippen LogP contribution in [0.3, 0.4) is 0 Å². The second-order valence-corrected chi connectivity index (χ2v) is 5.09. The summed E-state index contributed by atoms with van der Waals surface area (Å²) in [7, 11) is 0. The minimum atomic E-state index is -0.486. The first-order chi connectivity index (χ1) is 6.45. The first-order valence-corrected chi connectivity index (χ1v) is 5.88. The van der Waals surface area contributed by atoms with Gasteiger partial charge in [-0.3, -0.25) is 0 Å². The summed E-state index contributed by atoms with van der Waals surface area (Å²) >= 11 is 0. The van der Waals surface area contributed by atoms with Gasteiger partial charge in [-0.2, -0.15) is 0 Å². The van der Waals surface area contributed by atoms with E-state index in [0.717, 1.165) is 31.7 Å². The number of hydrogen-bond acceptors (Lipinski definition) is 2. The molecule has 0 aromatic rings. The lowest BCUT2D eigenvalue weighted by Gasteiger charge is -2.17. The Morgan fingerprint density at radius 2 is 1.71 bits per heavy atom. The zero-order valence-corrected chi connectivity index (χ0v) is 10.1. The first-order valence-electron chi connectivity index (χ1n) is 5.88. The highest BCUT2D eigenvalue weighted by Gasteiger charge is 2.11. The maximum atomic E-state index is 9.51. The molecule has 2 heteroatoms. The second kappa shape index (κ2) is 7.24. The molecule has 0 aromatic heterocycles. The fourth-order valence-electron chi connectivity index (χ4n) is 1.66. The van der Waals surface area contributed by atoms with E-state index in [-0.39, 0.29) is 0 Å². The Kier molecular flexibility index (Phi) is 7.20. The molecule has 0 aromatic carbocycles. The van der Waals surface area contributed by atoms with Crippen molar-refractivity contribution >= 4 is 0 Å². The van der Waals surface area contributed by atoms with Gasteiger partial charge in [-0.25, -0.2) is 0 Å². The van der Waals surface area contributed by atoms with Crippen molar-refractivity contribution in [1.29, 1.82) is 0 Å². The van der Waals surface area contributed by atoms with E-state index in [1.807, 2.05) is 13.8 Å². The topological polar surface area (TPSA) is 46.2 Å². The molecule has 0 saturated heterocycles. The molecule has 1 unspecified atom stereocenters. The molecule has 0 amide bonds. The van der Waals surface area contributed by atoms with Crippen LogP contribution in [-0.2, 0) is 0 Å². The summed E-state index contributed by atoms with van der Waals surface area (Å²) < 4.78 is 0. The standard InChI is InChI=1S/C12H27NO/c1-11(8-6-10-13)7-4-5-9-12(2,3)14/h11,14H,4-10,13H2,1-3H3. The number of aliphatic hydroxyl groups is 1. The van der Waals surface area contributed by atoms with Gasteiger partial charge >= 0.3 is 0 Å². The molecule has 0 spiro atoms. The lowest BCUT2D eigenvalue weighted by molar-refractivity contribution is 0.0677. The van der Waals surface area contributed by atoms with Crippen LogP contribution >= 0.6 is 0 Å². The van der Waals surface area contributed by atoms with Gasteiger partial charge < -0.3 is 10.8 Å². The molecule has 1 atom stereocenters. The quantitative estimate of drug-likeness (QED) is 0.593. The Labute approximate surface area is 88.9 Å². The molecule has 0 rings (SSSR count). The van der Waals surface area contributed by atoms with E-state index >= 15 is 0 Å². The van der Waals surface area contributed by atoms with Crippen LogP contribution in [0.2, 0.25) is 0 Å². The summed E-state index contributed by atoms with van der Waals surface area (Å²) in [5.41, 5.74) is 4.97. The largest absolute Gasteiger partial charge is 0.390 e. The molecule has 86 valence electrons. The third-order valence-corrected chi connectivity index (χ3v) is 2.64. The summed E-state index contributed by atoms with van der Waals surface area (Å²) in [6, 6.07) is 0. The number of nitrogens with two attached hydrogens (primary N) is 1. The maximum absolute atomic E-state index is 9.51. The van der Waals surface area contributed by atoms with Crippen molar-refractivity contribution in [2.75, 3.05) is 6.54 Å². The van der Waals surface area contributed by atoms with Crippen LogP contribution in [0.4, 0.5) is 0 Å². The van der Waals surface area contributed by atoms with Gasteiger partial charge in [-0.15, -0.1) is 0 Å². The van der Waals surface area contributed by atoms with Crippen molar-refractivity contribution in [2.45, 2.75) is 64.9 Å². The summed E-state index contributed by atoms with van der Waals surface area (Å²) in [5, 5.41) is 9.51. The van der Waals surface area contributed by atoms with Gasteiger partial charge in [0.15, 0.2) is 0 Å². The van der Waals surface area contributed by atoms with E-state index in [4.69, 9.17) is 5.73 Å². The van der Waals surface area contributed by atoms with Crippen LogP contribution in [0, 0.1) is 5.92 Å². The van der Waals surface area contributed by atoms with Gasteiger partial charge in [-0.1, -0.05) is 26.2 Å². The van der Waals surface area contributed by atoms with Crippen LogP contribution in [0.15, 0.2) is 0 Å². The van der Waals surface area contributed by atoms with E-state index in [0.29, 0.717) is 0 Å². The summed E-state index contributed by atoms with van der Waals surface area (Å²) in [4.78, 5) is 0. The molecule has 2 nitrogen and oxygen atoms in total. The minimum absolute atomic E-state index is 0.486. The molecule has 0 aliphatic rings. The van der Waals surface area contributed by atoms with Crippen LogP contribution in [0.25, 0.3) is 0 Å². The zero-order valence-electron chi connectivity index (χ0n) is 10.1. The molecule has 0 aliphatic heterocycles. The second-order valence-electron chi connectivity index (χ2n) is 5.09. The highest BCUT2D eigenvalue weighted by molar-refractivity contribution is 4.65. The Hall–Kier alpha value is -0.0800. The van der Waals surface area contributed by atoms with E-state index < -0.39 is 5.60 Å². The van der Waals surface area contributed by atoms with Crippen LogP contribution in [-0.4, -0.2) is 17.3 Å². The van der Waals surface area contributed by atoms with Gasteiger partial charge in [-0.05, 0) is 45.6 Å². The van der Waals surface area contributed by atoms with E-state index in [1.165, 1.54) is 19.3 Å². The molecule has 0 fully saturated rings. The third-order valence-electron chi connectivity index (χ3n) is 2.64. The zero-order chi connectivity index (χ0) is 11.0. The average molecular weight is 201 g/mol. The number of rotatable bonds is 8. The molecule has 0 aliphatic carbocycles. The SMILES string of the molecule is CC(CCCN)CCCCC(C)(C)O. The number of unbranched alkanes of at least 4 members (excludes halogenated alkanes) is 1. The molecular weight excluding hydrogens is 174 g/mol. The highest BCUT2D eigenvalue weighted by Crippen LogP contribution is 2.17. The van der Waals surface area contributed by atoms with E-state index in [1.54, 1.807) is 0 Å². The minimum Gasteiger partial charge on any atom is -0.390 e. The van der Waals surface area contributed by atoms with Crippen molar-refractivity contribution < 1.29 is 5.11 Å². The van der Waals surface area contributed by atoms with Gasteiger partial charge in [0, 0.05) is 0 Å². The predicted molar refractivity (Wildman–Crippen MR) is 62.2 cm³/mol. The van der Waals surface area contributed by atoms with Gasteiger partial charge in [0.25, 0.3) is 0 Å². The molecule has 0 radical (unpaired) electrons.